The van der Waals surface area contributed by atoms with Crippen LogP contribution < -0.4 is 0 Å². The van der Waals surface area contributed by atoms with Gasteiger partial charge in [0.05, 0.1) is 5.75 Å². The first kappa shape index (κ1) is 12.0. The van der Waals surface area contributed by atoms with Crippen molar-refractivity contribution >= 4 is 9.84 Å². The molecule has 1 atom stereocenters. The highest BCUT2D eigenvalue weighted by Crippen LogP contribution is 2.20. The molecule has 1 heterocycles. The van der Waals surface area contributed by atoms with Crippen LogP contribution in [0.2, 0.25) is 0 Å². The Morgan fingerprint density at radius 2 is 2.07 bits per heavy atom. The first-order chi connectivity index (χ1) is 6.44. The normalized spacial score (nSPS) is 24.7. The Kier molecular flexibility index (Phi) is 3.95. The number of likely N-dealkylation sites (tertiary alicyclic amines) is 1. The van der Waals surface area contributed by atoms with Crippen molar-refractivity contribution in [2.75, 3.05) is 24.6 Å². The number of hydrogen-bond acceptors (Lipinski definition) is 3. The van der Waals surface area contributed by atoms with Crippen LogP contribution in [0.1, 0.15) is 27.2 Å². The highest BCUT2D eigenvalue weighted by molar-refractivity contribution is 7.91. The molecule has 0 unspecified atom stereocenters. The van der Waals surface area contributed by atoms with Crippen molar-refractivity contribution in [1.29, 1.82) is 0 Å². The highest BCUT2D eigenvalue weighted by Gasteiger charge is 2.27. The summed E-state index contributed by atoms with van der Waals surface area (Å²) in [6.45, 7) is 8.07. The summed E-state index contributed by atoms with van der Waals surface area (Å²) in [5.41, 5.74) is 0. The zero-order valence-electron chi connectivity index (χ0n) is 9.36. The van der Waals surface area contributed by atoms with Gasteiger partial charge in [0.2, 0.25) is 0 Å². The molecule has 4 heteroatoms. The largest absolute Gasteiger partial charge is 0.301 e. The van der Waals surface area contributed by atoms with E-state index in [1.807, 2.05) is 0 Å². The van der Waals surface area contributed by atoms with Crippen molar-refractivity contribution in [3.05, 3.63) is 0 Å². The van der Waals surface area contributed by atoms with Crippen molar-refractivity contribution in [1.82, 2.24) is 4.90 Å². The molecule has 1 fully saturated rings. The van der Waals surface area contributed by atoms with Crippen LogP contribution in [0.4, 0.5) is 0 Å². The maximum absolute atomic E-state index is 11.4. The summed E-state index contributed by atoms with van der Waals surface area (Å²) in [6, 6.07) is 0.546. The van der Waals surface area contributed by atoms with E-state index < -0.39 is 9.84 Å². The van der Waals surface area contributed by atoms with Crippen LogP contribution in [-0.4, -0.2) is 44.0 Å². The summed E-state index contributed by atoms with van der Waals surface area (Å²) in [4.78, 5) is 2.36. The molecule has 1 aliphatic heterocycles. The van der Waals surface area contributed by atoms with Gasteiger partial charge in [0.1, 0.15) is 9.84 Å². The molecular formula is C10H21NO2S. The van der Waals surface area contributed by atoms with Crippen molar-refractivity contribution in [2.24, 2.45) is 5.92 Å². The van der Waals surface area contributed by atoms with Crippen LogP contribution in [-0.2, 0) is 9.84 Å². The van der Waals surface area contributed by atoms with E-state index in [1.54, 1.807) is 6.92 Å². The summed E-state index contributed by atoms with van der Waals surface area (Å²) in [5, 5.41) is 0. The van der Waals surface area contributed by atoms with Gasteiger partial charge in [-0.3, -0.25) is 0 Å². The minimum absolute atomic E-state index is 0.283. The Bertz CT molecular complexity index is 272. The predicted molar refractivity (Wildman–Crippen MR) is 59.1 cm³/mol. The molecule has 14 heavy (non-hydrogen) atoms. The second-order valence-electron chi connectivity index (χ2n) is 4.44. The van der Waals surface area contributed by atoms with Crippen molar-refractivity contribution in [3.63, 3.8) is 0 Å². The monoisotopic (exact) mass is 219 g/mol. The molecule has 0 aromatic heterocycles. The fourth-order valence-electron chi connectivity index (χ4n) is 1.94. The molecule has 0 amide bonds. The van der Waals surface area contributed by atoms with Gasteiger partial charge in [-0.1, -0.05) is 6.92 Å². The minimum atomic E-state index is -2.78. The molecule has 0 bridgehead atoms. The van der Waals surface area contributed by atoms with Gasteiger partial charge in [-0.25, -0.2) is 8.42 Å². The standard InChI is InChI=1S/C10H21NO2S/c1-4-14(12,13)8-10-5-6-11(7-10)9(2)3/h9-10H,4-8H2,1-3H3/t10-/m1/s1. The quantitative estimate of drug-likeness (QED) is 0.712. The van der Waals surface area contributed by atoms with Crippen LogP contribution in [0.15, 0.2) is 0 Å². The summed E-state index contributed by atoms with van der Waals surface area (Å²) in [5.74, 6) is 1.03. The lowest BCUT2D eigenvalue weighted by molar-refractivity contribution is 0.268. The summed E-state index contributed by atoms with van der Waals surface area (Å²) in [7, 11) is -2.78. The summed E-state index contributed by atoms with van der Waals surface area (Å²) < 4.78 is 22.8. The van der Waals surface area contributed by atoms with Gasteiger partial charge in [-0.15, -0.1) is 0 Å². The molecular weight excluding hydrogens is 198 g/mol. The molecule has 1 aliphatic rings. The third-order valence-electron chi connectivity index (χ3n) is 2.98. The van der Waals surface area contributed by atoms with E-state index in [2.05, 4.69) is 18.7 Å². The smallest absolute Gasteiger partial charge is 0.150 e. The lowest BCUT2D eigenvalue weighted by Crippen LogP contribution is -2.29. The number of nitrogens with zero attached hydrogens (tertiary/aromatic N) is 1. The molecule has 0 aromatic rings. The van der Waals surface area contributed by atoms with Crippen molar-refractivity contribution in [2.45, 2.75) is 33.2 Å². The molecule has 0 N–H and O–H groups in total. The highest BCUT2D eigenvalue weighted by atomic mass is 32.2. The number of rotatable bonds is 4. The fourth-order valence-corrected chi connectivity index (χ4v) is 3.17. The third-order valence-corrected chi connectivity index (χ3v) is 4.84. The zero-order valence-corrected chi connectivity index (χ0v) is 10.2. The van der Waals surface area contributed by atoms with E-state index in [0.717, 1.165) is 19.5 Å². The Labute approximate surface area is 87.4 Å². The lowest BCUT2D eigenvalue weighted by atomic mass is 10.2. The van der Waals surface area contributed by atoms with E-state index in [0.29, 0.717) is 17.7 Å². The van der Waals surface area contributed by atoms with E-state index in [-0.39, 0.29) is 5.75 Å². The SMILES string of the molecule is CCS(=O)(=O)C[C@@H]1CCN(C(C)C)C1. The Hall–Kier alpha value is -0.0900. The average Bonchev–Trinajstić information content (AvgIpc) is 2.52. The Morgan fingerprint density at radius 3 is 2.50 bits per heavy atom. The van der Waals surface area contributed by atoms with Crippen LogP contribution in [0, 0.1) is 5.92 Å². The first-order valence-electron chi connectivity index (χ1n) is 5.39. The van der Waals surface area contributed by atoms with Crippen molar-refractivity contribution < 1.29 is 8.42 Å². The Balaban J connectivity index is 2.44. The van der Waals surface area contributed by atoms with Crippen LogP contribution in [0.25, 0.3) is 0 Å². The van der Waals surface area contributed by atoms with Crippen LogP contribution >= 0.6 is 0 Å². The zero-order chi connectivity index (χ0) is 10.8. The van der Waals surface area contributed by atoms with Gasteiger partial charge in [0.25, 0.3) is 0 Å². The maximum Gasteiger partial charge on any atom is 0.150 e. The topological polar surface area (TPSA) is 37.4 Å². The number of sulfone groups is 1. The van der Waals surface area contributed by atoms with E-state index in [9.17, 15) is 8.42 Å². The lowest BCUT2D eigenvalue weighted by Gasteiger charge is -2.20. The minimum Gasteiger partial charge on any atom is -0.301 e. The van der Waals surface area contributed by atoms with E-state index in [1.165, 1.54) is 0 Å². The Morgan fingerprint density at radius 1 is 1.43 bits per heavy atom. The van der Waals surface area contributed by atoms with E-state index in [4.69, 9.17) is 0 Å². The molecule has 0 saturated carbocycles. The number of hydrogen-bond donors (Lipinski definition) is 0. The molecule has 1 saturated heterocycles. The average molecular weight is 219 g/mol. The van der Waals surface area contributed by atoms with Gasteiger partial charge in [0.15, 0.2) is 0 Å². The maximum atomic E-state index is 11.4. The molecule has 1 rings (SSSR count). The van der Waals surface area contributed by atoms with Gasteiger partial charge >= 0.3 is 0 Å². The van der Waals surface area contributed by atoms with Crippen LogP contribution in [0.3, 0.4) is 0 Å². The summed E-state index contributed by atoms with van der Waals surface area (Å²) in [6.07, 6.45) is 1.04. The summed E-state index contributed by atoms with van der Waals surface area (Å²) >= 11 is 0. The van der Waals surface area contributed by atoms with E-state index >= 15 is 0 Å². The predicted octanol–water partition coefficient (Wildman–Crippen LogP) is 1.15. The van der Waals surface area contributed by atoms with Gasteiger partial charge in [0, 0.05) is 18.3 Å². The van der Waals surface area contributed by atoms with Gasteiger partial charge < -0.3 is 4.90 Å². The second kappa shape index (κ2) is 4.62. The molecule has 0 spiro atoms. The molecule has 0 aromatic carbocycles. The third kappa shape index (κ3) is 3.24. The second-order valence-corrected chi connectivity index (χ2v) is 6.84. The van der Waals surface area contributed by atoms with Gasteiger partial charge in [-0.2, -0.15) is 0 Å². The van der Waals surface area contributed by atoms with Crippen LogP contribution in [0.5, 0.6) is 0 Å². The first-order valence-corrected chi connectivity index (χ1v) is 7.21. The molecule has 84 valence electrons. The molecule has 0 aliphatic carbocycles. The fraction of sp³-hybridized carbons (Fsp3) is 1.00. The molecule has 3 nitrogen and oxygen atoms in total. The van der Waals surface area contributed by atoms with Crippen molar-refractivity contribution in [3.8, 4) is 0 Å². The van der Waals surface area contributed by atoms with Gasteiger partial charge in [-0.05, 0) is 32.7 Å². The molecule has 0 radical (unpaired) electrons.